The van der Waals surface area contributed by atoms with Gasteiger partial charge in [0.15, 0.2) is 0 Å². The Balaban J connectivity index is 1.86. The maximum Gasteiger partial charge on any atom is 0.318 e. The lowest BCUT2D eigenvalue weighted by Gasteiger charge is -2.30. The van der Waals surface area contributed by atoms with E-state index in [0.717, 1.165) is 10.6 Å². The van der Waals surface area contributed by atoms with Crippen molar-refractivity contribution in [1.82, 2.24) is 15.2 Å². The number of amides is 3. The minimum absolute atomic E-state index is 0.197. The number of benzene rings is 1. The molecule has 32 heavy (non-hydrogen) atoms. The molecule has 1 unspecified atom stereocenters. The number of hydrazone groups is 1. The van der Waals surface area contributed by atoms with Crippen LogP contribution in [0.1, 0.15) is 43.7 Å². The van der Waals surface area contributed by atoms with Crippen molar-refractivity contribution in [2.45, 2.75) is 38.8 Å². The molecule has 2 heterocycles. The number of nitrogens with zero attached hydrogens (tertiary/aromatic N) is 3. The van der Waals surface area contributed by atoms with Crippen LogP contribution in [0.25, 0.3) is 0 Å². The molecule has 9 heteroatoms. The summed E-state index contributed by atoms with van der Waals surface area (Å²) in [4.78, 5) is 28.4. The fourth-order valence-electron chi connectivity index (χ4n) is 3.41. The molecular weight excluding hydrogens is 431 g/mol. The fraction of sp³-hybridized carbons (Fsp3) is 0.435. The molecule has 0 aliphatic carbocycles. The van der Waals surface area contributed by atoms with E-state index in [1.54, 1.807) is 18.2 Å². The number of halogens is 1. The summed E-state index contributed by atoms with van der Waals surface area (Å²) in [5, 5.41) is 10.7. The zero-order valence-electron chi connectivity index (χ0n) is 18.8. The largest absolute Gasteiger partial charge is 0.383 e. The molecule has 0 saturated heterocycles. The zero-order valence-corrected chi connectivity index (χ0v) is 19.6. The van der Waals surface area contributed by atoms with Crippen LogP contribution in [-0.4, -0.2) is 59.9 Å². The highest BCUT2D eigenvalue weighted by Crippen LogP contribution is 2.35. The second kappa shape index (κ2) is 10.2. The Bertz CT molecular complexity index is 972. The van der Waals surface area contributed by atoms with E-state index in [1.165, 1.54) is 34.4 Å². The predicted octanol–water partition coefficient (Wildman–Crippen LogP) is 4.02. The molecule has 172 valence electrons. The van der Waals surface area contributed by atoms with Crippen LogP contribution in [0.5, 0.6) is 0 Å². The monoisotopic (exact) mass is 460 g/mol. The van der Waals surface area contributed by atoms with Gasteiger partial charge in [0.05, 0.1) is 23.2 Å². The third-order valence-electron chi connectivity index (χ3n) is 4.90. The molecule has 7 nitrogen and oxygen atoms in total. The molecule has 3 rings (SSSR count). The Hall–Kier alpha value is -2.78. The van der Waals surface area contributed by atoms with Crippen LogP contribution in [0.4, 0.5) is 9.18 Å². The van der Waals surface area contributed by atoms with Gasteiger partial charge in [-0.1, -0.05) is 24.3 Å². The first-order valence-electron chi connectivity index (χ1n) is 10.4. The minimum Gasteiger partial charge on any atom is -0.383 e. The van der Waals surface area contributed by atoms with Crippen molar-refractivity contribution in [2.75, 3.05) is 26.8 Å². The van der Waals surface area contributed by atoms with Gasteiger partial charge in [-0.05, 0) is 38.3 Å². The average molecular weight is 461 g/mol. The minimum atomic E-state index is -0.573. The predicted molar refractivity (Wildman–Crippen MR) is 123 cm³/mol. The molecule has 1 aliphatic rings. The van der Waals surface area contributed by atoms with Gasteiger partial charge >= 0.3 is 6.03 Å². The number of carbonyl (C=O) groups is 2. The molecule has 1 atom stereocenters. The van der Waals surface area contributed by atoms with Gasteiger partial charge in [0.1, 0.15) is 12.4 Å². The maximum absolute atomic E-state index is 14.6. The second-order valence-corrected chi connectivity index (χ2v) is 9.55. The second-order valence-electron chi connectivity index (χ2n) is 8.60. The Morgan fingerprint density at radius 2 is 2.03 bits per heavy atom. The highest BCUT2D eigenvalue weighted by Gasteiger charge is 2.36. The highest BCUT2D eigenvalue weighted by molar-refractivity contribution is 7.12. The Morgan fingerprint density at radius 3 is 2.66 bits per heavy atom. The number of hydrogen-bond acceptors (Lipinski definition) is 5. The van der Waals surface area contributed by atoms with Gasteiger partial charge in [-0.25, -0.2) is 14.2 Å². The third kappa shape index (κ3) is 5.92. The van der Waals surface area contributed by atoms with Crippen LogP contribution in [0, 0.1) is 5.82 Å². The number of thiophene rings is 1. The molecule has 1 aromatic carbocycles. The van der Waals surface area contributed by atoms with Gasteiger partial charge in [-0.2, -0.15) is 5.10 Å². The van der Waals surface area contributed by atoms with Crippen LogP contribution in [-0.2, 0) is 9.53 Å². The van der Waals surface area contributed by atoms with Gasteiger partial charge in [0.2, 0.25) is 0 Å². The summed E-state index contributed by atoms with van der Waals surface area (Å²) in [6, 6.07) is 9.30. The van der Waals surface area contributed by atoms with Gasteiger partial charge < -0.3 is 15.0 Å². The topological polar surface area (TPSA) is 74.2 Å². The molecule has 1 aliphatic heterocycles. The number of urea groups is 1. The molecule has 1 N–H and O–H groups in total. The summed E-state index contributed by atoms with van der Waals surface area (Å²) in [5.41, 5.74) is 0.669. The van der Waals surface area contributed by atoms with Crippen LogP contribution in [0.15, 0.2) is 46.9 Å². The molecule has 0 radical (unpaired) electrons. The van der Waals surface area contributed by atoms with E-state index in [-0.39, 0.29) is 37.5 Å². The number of ether oxygens (including phenoxy) is 1. The van der Waals surface area contributed by atoms with Crippen molar-refractivity contribution < 1.29 is 18.7 Å². The maximum atomic E-state index is 14.6. The van der Waals surface area contributed by atoms with E-state index >= 15 is 0 Å². The van der Waals surface area contributed by atoms with E-state index in [9.17, 15) is 14.0 Å². The molecule has 0 spiro atoms. The summed E-state index contributed by atoms with van der Waals surface area (Å²) >= 11 is 1.52. The molecule has 0 fully saturated rings. The van der Waals surface area contributed by atoms with E-state index < -0.39 is 11.6 Å². The van der Waals surface area contributed by atoms with E-state index in [1.807, 2.05) is 38.3 Å². The lowest BCUT2D eigenvalue weighted by molar-refractivity contribution is -0.133. The first-order valence-corrected chi connectivity index (χ1v) is 11.3. The highest BCUT2D eigenvalue weighted by atomic mass is 32.1. The lowest BCUT2D eigenvalue weighted by Crippen LogP contribution is -2.52. The molecular formula is C23H29FN4O3S. The molecule has 2 aromatic rings. The average Bonchev–Trinajstić information content (AvgIpc) is 3.39. The van der Waals surface area contributed by atoms with Crippen LogP contribution in [0.3, 0.4) is 0 Å². The van der Waals surface area contributed by atoms with Gasteiger partial charge in [-0.15, -0.1) is 11.3 Å². The number of methoxy groups -OCH3 is 1. The SMILES string of the molecule is COCCN(CC(=O)N1N=C(c2cccs2)CC1c1ccccc1F)C(=O)NC(C)(C)C. The van der Waals surface area contributed by atoms with Gasteiger partial charge in [-0.3, -0.25) is 4.79 Å². The molecule has 1 aromatic heterocycles. The Morgan fingerprint density at radius 1 is 1.28 bits per heavy atom. The summed E-state index contributed by atoms with van der Waals surface area (Å²) in [7, 11) is 1.54. The first-order chi connectivity index (χ1) is 15.2. The summed E-state index contributed by atoms with van der Waals surface area (Å²) in [6.07, 6.45) is 0.402. The van der Waals surface area contributed by atoms with Crippen molar-refractivity contribution in [3.63, 3.8) is 0 Å². The first kappa shape index (κ1) is 23.9. The summed E-state index contributed by atoms with van der Waals surface area (Å²) < 4.78 is 19.7. The standard InChI is InChI=1S/C23H29FN4O3S/c1-23(2,3)25-22(30)27(11-12-31-4)15-21(29)28-19(16-8-5-6-9-17(16)24)14-18(26-28)20-10-7-13-32-20/h5-10,13,19H,11-12,14-15H2,1-4H3,(H,25,30). The van der Waals surface area contributed by atoms with Crippen molar-refractivity contribution in [2.24, 2.45) is 5.10 Å². The van der Waals surface area contributed by atoms with Gasteiger partial charge in [0.25, 0.3) is 5.91 Å². The third-order valence-corrected chi connectivity index (χ3v) is 5.82. The molecule has 0 saturated carbocycles. The summed E-state index contributed by atoms with van der Waals surface area (Å²) in [5.74, 6) is -0.774. The number of rotatable bonds is 7. The number of carbonyl (C=O) groups excluding carboxylic acids is 2. The number of nitrogens with one attached hydrogen (secondary N) is 1. The van der Waals surface area contributed by atoms with Crippen LogP contribution < -0.4 is 5.32 Å². The van der Waals surface area contributed by atoms with Gasteiger partial charge in [0, 0.05) is 31.2 Å². The van der Waals surface area contributed by atoms with Crippen LogP contribution in [0.2, 0.25) is 0 Å². The molecule has 3 amide bonds. The molecule has 0 bridgehead atoms. The Labute approximate surface area is 191 Å². The van der Waals surface area contributed by atoms with E-state index in [2.05, 4.69) is 10.4 Å². The quantitative estimate of drug-likeness (QED) is 0.678. The van der Waals surface area contributed by atoms with Crippen LogP contribution >= 0.6 is 11.3 Å². The van der Waals surface area contributed by atoms with Crippen molar-refractivity contribution in [3.8, 4) is 0 Å². The van der Waals surface area contributed by atoms with E-state index in [4.69, 9.17) is 4.74 Å². The fourth-order valence-corrected chi connectivity index (χ4v) is 4.13. The zero-order chi connectivity index (χ0) is 23.3. The summed E-state index contributed by atoms with van der Waals surface area (Å²) in [6.45, 7) is 5.93. The lowest BCUT2D eigenvalue weighted by atomic mass is 10.0. The van der Waals surface area contributed by atoms with Crippen molar-refractivity contribution in [3.05, 3.63) is 58.0 Å². The van der Waals surface area contributed by atoms with Crippen molar-refractivity contribution in [1.29, 1.82) is 0 Å². The normalized spacial score (nSPS) is 16.1. The van der Waals surface area contributed by atoms with E-state index in [0.29, 0.717) is 12.0 Å². The number of hydrogen-bond donors (Lipinski definition) is 1. The van der Waals surface area contributed by atoms with Crippen molar-refractivity contribution >= 4 is 29.0 Å². The smallest absolute Gasteiger partial charge is 0.318 e. The Kier molecular flexibility index (Phi) is 7.63.